The number of hydrogen-bond acceptors (Lipinski definition) is 6. The Morgan fingerprint density at radius 1 is 1.00 bits per heavy atom. The maximum absolute atomic E-state index is 14.2. The lowest BCUT2D eigenvalue weighted by Gasteiger charge is -2.20. The molecule has 3 aromatic rings. The highest BCUT2D eigenvalue weighted by atomic mass is 19.4. The molecule has 2 aliphatic heterocycles. The number of methoxy groups -OCH3 is 1. The summed E-state index contributed by atoms with van der Waals surface area (Å²) in [5.41, 5.74) is 2.32. The summed E-state index contributed by atoms with van der Waals surface area (Å²) in [4.78, 5) is 11.7. The number of ether oxygens (including phenoxy) is 5. The van der Waals surface area contributed by atoms with Gasteiger partial charge in [0.25, 0.3) is 0 Å². The molecule has 1 fully saturated rings. The zero-order chi connectivity index (χ0) is 28.6. The number of hydrogen-bond donors (Lipinski definition) is 0. The average molecular weight is 569 g/mol. The van der Waals surface area contributed by atoms with Gasteiger partial charge >= 0.3 is 12.1 Å². The fourth-order valence-corrected chi connectivity index (χ4v) is 5.99. The van der Waals surface area contributed by atoms with Gasteiger partial charge in [0.15, 0.2) is 0 Å². The summed E-state index contributed by atoms with van der Waals surface area (Å²) < 4.78 is 70.8. The van der Waals surface area contributed by atoms with Gasteiger partial charge in [0.2, 0.25) is 0 Å². The average Bonchev–Trinajstić information content (AvgIpc) is 3.72. The SMILES string of the molecule is COC(=O)C[C@@H]1COc2cc(O[C@@H]3CCc4c3ccc(C(F)(F)F)c4-c3ccc(OC[C@H]4CCCO4)cc3)ccc21. The molecular formula is C32H31F3O6. The molecule has 0 spiro atoms. The smallest absolute Gasteiger partial charge is 0.417 e. The zero-order valence-corrected chi connectivity index (χ0v) is 22.7. The number of carbonyl (C=O) groups is 1. The van der Waals surface area contributed by atoms with Gasteiger partial charge in [-0.2, -0.15) is 13.2 Å². The summed E-state index contributed by atoms with van der Waals surface area (Å²) in [6.45, 7) is 1.53. The number of rotatable bonds is 8. The lowest BCUT2D eigenvalue weighted by Crippen LogP contribution is -2.16. The van der Waals surface area contributed by atoms with Crippen LogP contribution in [0.2, 0.25) is 0 Å². The van der Waals surface area contributed by atoms with E-state index in [1.54, 1.807) is 30.3 Å². The summed E-state index contributed by atoms with van der Waals surface area (Å²) in [6.07, 6.45) is -1.66. The van der Waals surface area contributed by atoms with Gasteiger partial charge in [0, 0.05) is 24.2 Å². The van der Waals surface area contributed by atoms with E-state index < -0.39 is 17.8 Å². The molecule has 3 atom stereocenters. The minimum absolute atomic E-state index is 0.0550. The zero-order valence-electron chi connectivity index (χ0n) is 22.7. The van der Waals surface area contributed by atoms with E-state index >= 15 is 0 Å². The summed E-state index contributed by atoms with van der Waals surface area (Å²) in [7, 11) is 1.36. The third-order valence-electron chi connectivity index (χ3n) is 8.04. The minimum atomic E-state index is -4.50. The first-order chi connectivity index (χ1) is 19.8. The van der Waals surface area contributed by atoms with Crippen molar-refractivity contribution in [1.29, 1.82) is 0 Å². The van der Waals surface area contributed by atoms with Crippen molar-refractivity contribution in [2.24, 2.45) is 0 Å². The van der Waals surface area contributed by atoms with Crippen molar-refractivity contribution in [3.63, 3.8) is 0 Å². The minimum Gasteiger partial charge on any atom is -0.492 e. The van der Waals surface area contributed by atoms with Crippen LogP contribution in [0.15, 0.2) is 54.6 Å². The maximum Gasteiger partial charge on any atom is 0.417 e. The summed E-state index contributed by atoms with van der Waals surface area (Å²) >= 11 is 0. The molecule has 1 aliphatic carbocycles. The van der Waals surface area contributed by atoms with Gasteiger partial charge in [-0.05, 0) is 72.2 Å². The first kappa shape index (κ1) is 27.4. The topological polar surface area (TPSA) is 63.2 Å². The first-order valence-corrected chi connectivity index (χ1v) is 13.9. The lowest BCUT2D eigenvalue weighted by molar-refractivity contribution is -0.141. The Bertz CT molecular complexity index is 1410. The molecule has 1 saturated heterocycles. The van der Waals surface area contributed by atoms with Crippen LogP contribution in [-0.2, 0) is 26.9 Å². The normalized spacial score (nSPS) is 21.2. The van der Waals surface area contributed by atoms with Gasteiger partial charge in [0.1, 0.15) is 30.0 Å². The van der Waals surface area contributed by atoms with Crippen molar-refractivity contribution in [3.05, 3.63) is 76.9 Å². The fraction of sp³-hybridized carbons (Fsp3) is 0.406. The lowest BCUT2D eigenvalue weighted by atomic mass is 9.91. The van der Waals surface area contributed by atoms with Crippen LogP contribution in [0.5, 0.6) is 17.2 Å². The Balaban J connectivity index is 1.23. The molecule has 41 heavy (non-hydrogen) atoms. The van der Waals surface area contributed by atoms with Gasteiger partial charge in [-0.3, -0.25) is 4.79 Å². The molecule has 0 radical (unpaired) electrons. The van der Waals surface area contributed by atoms with Crippen molar-refractivity contribution in [1.82, 2.24) is 0 Å². The van der Waals surface area contributed by atoms with E-state index in [4.69, 9.17) is 23.7 Å². The maximum atomic E-state index is 14.2. The van der Waals surface area contributed by atoms with E-state index in [0.29, 0.717) is 54.4 Å². The molecule has 0 unspecified atom stereocenters. The predicted octanol–water partition coefficient (Wildman–Crippen LogP) is 7.04. The van der Waals surface area contributed by atoms with Crippen LogP contribution < -0.4 is 14.2 Å². The largest absolute Gasteiger partial charge is 0.492 e. The Hall–Kier alpha value is -3.72. The predicted molar refractivity (Wildman–Crippen MR) is 144 cm³/mol. The molecule has 6 rings (SSSR count). The van der Waals surface area contributed by atoms with Crippen molar-refractivity contribution >= 4 is 5.97 Å². The summed E-state index contributed by atoms with van der Waals surface area (Å²) in [6, 6.07) is 15.0. The van der Waals surface area contributed by atoms with Crippen LogP contribution in [0.3, 0.4) is 0 Å². The van der Waals surface area contributed by atoms with Gasteiger partial charge < -0.3 is 23.7 Å². The highest BCUT2D eigenvalue weighted by molar-refractivity contribution is 5.75. The van der Waals surface area contributed by atoms with Gasteiger partial charge in [-0.1, -0.05) is 24.3 Å². The molecule has 0 bridgehead atoms. The molecule has 3 aromatic carbocycles. The Labute approximate surface area is 236 Å². The second kappa shape index (κ2) is 11.3. The van der Waals surface area contributed by atoms with Crippen LogP contribution in [0, 0.1) is 0 Å². The monoisotopic (exact) mass is 568 g/mol. The van der Waals surface area contributed by atoms with Crippen LogP contribution in [0.25, 0.3) is 11.1 Å². The highest BCUT2D eigenvalue weighted by Gasteiger charge is 2.38. The molecule has 0 amide bonds. The van der Waals surface area contributed by atoms with E-state index in [9.17, 15) is 18.0 Å². The second-order valence-electron chi connectivity index (χ2n) is 10.7. The summed E-state index contributed by atoms with van der Waals surface area (Å²) in [5, 5.41) is 0. The molecule has 0 N–H and O–H groups in total. The third-order valence-corrected chi connectivity index (χ3v) is 8.04. The van der Waals surface area contributed by atoms with E-state index in [2.05, 4.69) is 0 Å². The standard InChI is InChI=1S/C32H31F3O6/c1-37-30(36)15-20-17-40-29-16-22(8-9-24(20)29)41-28-13-11-26-25(28)10-12-27(32(33,34)35)31(26)19-4-6-21(7-5-19)39-18-23-3-2-14-38-23/h4-10,12,16,20,23,28H,2-3,11,13-15,17-18H2,1H3/t20-,23-,28-/m1/s1. The molecular weight excluding hydrogens is 537 g/mol. The molecule has 6 nitrogen and oxygen atoms in total. The van der Waals surface area contributed by atoms with Crippen molar-refractivity contribution in [3.8, 4) is 28.4 Å². The fourth-order valence-electron chi connectivity index (χ4n) is 5.99. The molecule has 9 heteroatoms. The van der Waals surface area contributed by atoms with E-state index in [1.165, 1.54) is 13.2 Å². The first-order valence-electron chi connectivity index (χ1n) is 13.9. The number of halogens is 3. The molecule has 3 aliphatic rings. The van der Waals surface area contributed by atoms with Crippen molar-refractivity contribution in [2.75, 3.05) is 26.9 Å². The van der Waals surface area contributed by atoms with Gasteiger partial charge in [0.05, 0.1) is 31.8 Å². The molecule has 0 aromatic heterocycles. The van der Waals surface area contributed by atoms with Crippen LogP contribution in [-0.4, -0.2) is 39.0 Å². The Kier molecular flexibility index (Phi) is 7.55. The van der Waals surface area contributed by atoms with Crippen molar-refractivity contribution < 1.29 is 41.7 Å². The number of esters is 1. The van der Waals surface area contributed by atoms with Crippen LogP contribution in [0.4, 0.5) is 13.2 Å². The van der Waals surface area contributed by atoms with E-state index in [0.717, 1.165) is 36.6 Å². The number of carbonyl (C=O) groups excluding carboxylic acids is 1. The Morgan fingerprint density at radius 2 is 1.78 bits per heavy atom. The number of alkyl halides is 3. The van der Waals surface area contributed by atoms with Crippen LogP contribution >= 0.6 is 0 Å². The third kappa shape index (κ3) is 5.73. The Morgan fingerprint density at radius 3 is 2.51 bits per heavy atom. The second-order valence-corrected chi connectivity index (χ2v) is 10.7. The van der Waals surface area contributed by atoms with Crippen molar-refractivity contribution in [2.45, 2.75) is 56.4 Å². The molecule has 2 heterocycles. The quantitative estimate of drug-likeness (QED) is 0.272. The number of fused-ring (bicyclic) bond motifs is 2. The van der Waals surface area contributed by atoms with E-state index in [-0.39, 0.29) is 30.0 Å². The molecule has 0 saturated carbocycles. The number of benzene rings is 3. The van der Waals surface area contributed by atoms with E-state index in [1.807, 2.05) is 12.1 Å². The van der Waals surface area contributed by atoms with Gasteiger partial charge in [-0.15, -0.1) is 0 Å². The van der Waals surface area contributed by atoms with Gasteiger partial charge in [-0.25, -0.2) is 0 Å². The molecule has 216 valence electrons. The highest BCUT2D eigenvalue weighted by Crippen LogP contribution is 2.47. The summed E-state index contributed by atoms with van der Waals surface area (Å²) in [5.74, 6) is 1.41. The van der Waals surface area contributed by atoms with Crippen LogP contribution in [0.1, 0.15) is 60.0 Å².